The van der Waals surface area contributed by atoms with E-state index < -0.39 is 10.8 Å². The second-order valence-electron chi connectivity index (χ2n) is 7.92. The molecule has 0 heterocycles. The van der Waals surface area contributed by atoms with Crippen molar-refractivity contribution in [3.63, 3.8) is 0 Å². The summed E-state index contributed by atoms with van der Waals surface area (Å²) in [6, 6.07) is 20.4. The van der Waals surface area contributed by atoms with Crippen LogP contribution in [0.4, 0.5) is 17.1 Å². The number of rotatable bonds is 10. The highest BCUT2D eigenvalue weighted by atomic mass is 16.6. The molecule has 0 bridgehead atoms. The summed E-state index contributed by atoms with van der Waals surface area (Å²) in [5.41, 5.74) is 2.87. The fraction of sp³-hybridized carbons (Fsp3) is 0.185. The molecule has 0 spiro atoms. The van der Waals surface area contributed by atoms with E-state index in [1.165, 1.54) is 18.2 Å². The van der Waals surface area contributed by atoms with E-state index in [0.717, 1.165) is 11.3 Å². The second-order valence-corrected chi connectivity index (χ2v) is 7.92. The van der Waals surface area contributed by atoms with Crippen LogP contribution in [0.2, 0.25) is 0 Å². The number of hydrogen-bond donors (Lipinski definition) is 1. The van der Waals surface area contributed by atoms with Gasteiger partial charge in [-0.05, 0) is 72.7 Å². The number of nitrogens with one attached hydrogen (secondary N) is 1. The van der Waals surface area contributed by atoms with Crippen molar-refractivity contribution < 1.29 is 19.2 Å². The average molecular weight is 487 g/mol. The second kappa shape index (κ2) is 12.0. The van der Waals surface area contributed by atoms with Crippen LogP contribution in [0.3, 0.4) is 0 Å². The van der Waals surface area contributed by atoms with Gasteiger partial charge in [0.25, 0.3) is 11.6 Å². The molecular weight excluding hydrogens is 460 g/mol. The predicted octanol–water partition coefficient (Wildman–Crippen LogP) is 5.18. The van der Waals surface area contributed by atoms with Gasteiger partial charge in [0.05, 0.1) is 11.5 Å². The van der Waals surface area contributed by atoms with E-state index >= 15 is 0 Å². The van der Waals surface area contributed by atoms with Gasteiger partial charge < -0.3 is 19.7 Å². The monoisotopic (exact) mass is 486 g/mol. The molecule has 184 valence electrons. The summed E-state index contributed by atoms with van der Waals surface area (Å²) in [6.07, 6.45) is 1.48. The number of nitriles is 1. The predicted molar refractivity (Wildman–Crippen MR) is 138 cm³/mol. The number of nitro benzene ring substituents is 1. The molecule has 0 aliphatic carbocycles. The Labute approximate surface area is 209 Å². The van der Waals surface area contributed by atoms with E-state index in [4.69, 9.17) is 9.47 Å². The summed E-state index contributed by atoms with van der Waals surface area (Å²) in [5.74, 6) is 0.396. The standard InChI is InChI=1S/C27H26N4O5/c1-4-35-26-16-20(7-14-25(26)36-18-19-5-10-24(11-6-19)31(33)34)15-21(17-28)27(32)29-22-8-12-23(13-9-22)30(2)3/h5-16H,4,18H2,1-3H3,(H,29,32)/b21-15-. The maximum atomic E-state index is 12.7. The van der Waals surface area contributed by atoms with Crippen LogP contribution in [0.25, 0.3) is 6.08 Å². The molecule has 36 heavy (non-hydrogen) atoms. The Morgan fingerprint density at radius 1 is 1.06 bits per heavy atom. The first-order valence-corrected chi connectivity index (χ1v) is 11.1. The van der Waals surface area contributed by atoms with Crippen LogP contribution in [0.5, 0.6) is 11.5 Å². The van der Waals surface area contributed by atoms with Crippen LogP contribution in [0, 0.1) is 21.4 Å². The van der Waals surface area contributed by atoms with Crippen LogP contribution >= 0.6 is 0 Å². The number of non-ortho nitro benzene ring substituents is 1. The molecule has 0 fully saturated rings. The number of hydrogen-bond acceptors (Lipinski definition) is 7. The number of nitrogens with zero attached hydrogens (tertiary/aromatic N) is 3. The van der Waals surface area contributed by atoms with Gasteiger partial charge in [0.2, 0.25) is 0 Å². The van der Waals surface area contributed by atoms with Crippen molar-refractivity contribution in [2.24, 2.45) is 0 Å². The minimum atomic E-state index is -0.522. The molecule has 0 saturated heterocycles. The molecule has 0 aromatic heterocycles. The molecule has 0 radical (unpaired) electrons. The fourth-order valence-corrected chi connectivity index (χ4v) is 3.23. The Bertz CT molecular complexity index is 1290. The zero-order valence-corrected chi connectivity index (χ0v) is 20.2. The van der Waals surface area contributed by atoms with Crippen LogP contribution in [-0.2, 0) is 11.4 Å². The molecule has 0 unspecified atom stereocenters. The van der Waals surface area contributed by atoms with Crippen molar-refractivity contribution in [1.29, 1.82) is 5.26 Å². The number of nitro groups is 1. The van der Waals surface area contributed by atoms with Crippen molar-refractivity contribution >= 4 is 29.0 Å². The zero-order chi connectivity index (χ0) is 26.1. The summed E-state index contributed by atoms with van der Waals surface area (Å²) in [5, 5.41) is 23.1. The number of anilines is 2. The maximum Gasteiger partial charge on any atom is 0.269 e. The molecule has 0 saturated carbocycles. The highest BCUT2D eigenvalue weighted by Gasteiger charge is 2.12. The van der Waals surface area contributed by atoms with Gasteiger partial charge in [-0.15, -0.1) is 0 Å². The molecule has 0 atom stereocenters. The van der Waals surface area contributed by atoms with E-state index in [-0.39, 0.29) is 17.9 Å². The summed E-state index contributed by atoms with van der Waals surface area (Å²) in [4.78, 5) is 25.0. The molecule has 1 amide bonds. The highest BCUT2D eigenvalue weighted by molar-refractivity contribution is 6.09. The SMILES string of the molecule is CCOc1cc(/C=C(/C#N)C(=O)Nc2ccc(N(C)C)cc2)ccc1OCc1ccc([N+](=O)[O-])cc1. The van der Waals surface area contributed by atoms with Gasteiger partial charge in [0.15, 0.2) is 11.5 Å². The summed E-state index contributed by atoms with van der Waals surface area (Å²) < 4.78 is 11.5. The Morgan fingerprint density at radius 2 is 1.75 bits per heavy atom. The van der Waals surface area contributed by atoms with E-state index in [2.05, 4.69) is 5.32 Å². The zero-order valence-electron chi connectivity index (χ0n) is 20.2. The van der Waals surface area contributed by atoms with Gasteiger partial charge in [-0.1, -0.05) is 6.07 Å². The smallest absolute Gasteiger partial charge is 0.269 e. The normalized spacial score (nSPS) is 10.8. The Morgan fingerprint density at radius 3 is 2.33 bits per heavy atom. The number of carbonyl (C=O) groups is 1. The molecule has 9 heteroatoms. The molecule has 9 nitrogen and oxygen atoms in total. The summed E-state index contributed by atoms with van der Waals surface area (Å²) in [7, 11) is 3.85. The molecular formula is C27H26N4O5. The van der Waals surface area contributed by atoms with Crippen LogP contribution in [0.1, 0.15) is 18.1 Å². The molecule has 0 aliphatic rings. The van der Waals surface area contributed by atoms with E-state index in [1.54, 1.807) is 42.5 Å². The Hall–Kier alpha value is -4.84. The first-order valence-electron chi connectivity index (χ1n) is 11.1. The van der Waals surface area contributed by atoms with E-state index in [0.29, 0.717) is 29.4 Å². The van der Waals surface area contributed by atoms with Crippen molar-refractivity contribution in [2.45, 2.75) is 13.5 Å². The lowest BCUT2D eigenvalue weighted by Crippen LogP contribution is -2.14. The number of benzene rings is 3. The molecule has 1 N–H and O–H groups in total. The lowest BCUT2D eigenvalue weighted by Gasteiger charge is -2.13. The number of ether oxygens (including phenoxy) is 2. The highest BCUT2D eigenvalue weighted by Crippen LogP contribution is 2.30. The number of carbonyl (C=O) groups excluding carboxylic acids is 1. The van der Waals surface area contributed by atoms with Crippen molar-refractivity contribution in [3.05, 3.63) is 93.5 Å². The lowest BCUT2D eigenvalue weighted by atomic mass is 10.1. The van der Waals surface area contributed by atoms with Crippen LogP contribution < -0.4 is 19.7 Å². The minimum absolute atomic E-state index is 0.00723. The Balaban J connectivity index is 1.74. The molecule has 0 aliphatic heterocycles. The number of amides is 1. The third-order valence-corrected chi connectivity index (χ3v) is 5.13. The fourth-order valence-electron chi connectivity index (χ4n) is 3.23. The topological polar surface area (TPSA) is 118 Å². The maximum absolute atomic E-state index is 12.7. The van der Waals surface area contributed by atoms with Crippen LogP contribution in [-0.4, -0.2) is 31.5 Å². The van der Waals surface area contributed by atoms with Crippen molar-refractivity contribution in [2.75, 3.05) is 30.9 Å². The molecule has 3 aromatic carbocycles. The van der Waals surface area contributed by atoms with Crippen LogP contribution in [0.15, 0.2) is 72.3 Å². The first kappa shape index (κ1) is 25.8. The van der Waals surface area contributed by atoms with Gasteiger partial charge in [0.1, 0.15) is 18.2 Å². The Kier molecular flexibility index (Phi) is 8.62. The molecule has 3 aromatic rings. The third kappa shape index (κ3) is 6.84. The van der Waals surface area contributed by atoms with Gasteiger partial charge in [-0.3, -0.25) is 14.9 Å². The quantitative estimate of drug-likeness (QED) is 0.181. The van der Waals surface area contributed by atoms with Crippen molar-refractivity contribution in [1.82, 2.24) is 0 Å². The summed E-state index contributed by atoms with van der Waals surface area (Å²) >= 11 is 0. The van der Waals surface area contributed by atoms with Crippen molar-refractivity contribution in [3.8, 4) is 17.6 Å². The molecule has 3 rings (SSSR count). The van der Waals surface area contributed by atoms with Gasteiger partial charge in [-0.25, -0.2) is 0 Å². The van der Waals surface area contributed by atoms with Gasteiger partial charge >= 0.3 is 0 Å². The first-order chi connectivity index (χ1) is 17.3. The lowest BCUT2D eigenvalue weighted by molar-refractivity contribution is -0.384. The third-order valence-electron chi connectivity index (χ3n) is 5.13. The van der Waals surface area contributed by atoms with Gasteiger partial charge in [-0.2, -0.15) is 5.26 Å². The summed E-state index contributed by atoms with van der Waals surface area (Å²) in [6.45, 7) is 2.40. The average Bonchev–Trinajstić information content (AvgIpc) is 2.87. The van der Waals surface area contributed by atoms with Gasteiger partial charge in [0, 0.05) is 37.6 Å². The largest absolute Gasteiger partial charge is 0.490 e. The van der Waals surface area contributed by atoms with E-state index in [1.807, 2.05) is 44.1 Å². The van der Waals surface area contributed by atoms with E-state index in [9.17, 15) is 20.2 Å². The minimum Gasteiger partial charge on any atom is -0.490 e.